The third-order valence-electron chi connectivity index (χ3n) is 3.33. The van der Waals surface area contributed by atoms with Gasteiger partial charge in [-0.15, -0.1) is 0 Å². The third-order valence-corrected chi connectivity index (χ3v) is 3.33. The molecular formula is C13H20N2O. The lowest BCUT2D eigenvalue weighted by molar-refractivity contribution is 0.199. The monoisotopic (exact) mass is 220 g/mol. The maximum absolute atomic E-state index is 9.42. The largest absolute Gasteiger partial charge is 0.389 e. The van der Waals surface area contributed by atoms with Crippen molar-refractivity contribution in [2.45, 2.75) is 39.3 Å². The number of rotatable bonds is 2. The first kappa shape index (κ1) is 11.4. The Balaban J connectivity index is 2.15. The molecule has 0 spiro atoms. The third kappa shape index (κ3) is 2.19. The van der Waals surface area contributed by atoms with E-state index in [9.17, 15) is 5.11 Å². The standard InChI is InChI=1S/C13H20N2O/c1-9-6-10(2)15(8-9)13-5-4-12(7-14-13)11(3)16/h4-5,7,9-11,16H,6,8H2,1-3H3. The van der Waals surface area contributed by atoms with E-state index in [1.165, 1.54) is 6.42 Å². The molecule has 1 aliphatic rings. The van der Waals surface area contributed by atoms with Crippen molar-refractivity contribution in [3.63, 3.8) is 0 Å². The Labute approximate surface area is 97.1 Å². The van der Waals surface area contributed by atoms with Crippen LogP contribution in [0.2, 0.25) is 0 Å². The van der Waals surface area contributed by atoms with Crippen molar-refractivity contribution in [2.75, 3.05) is 11.4 Å². The van der Waals surface area contributed by atoms with Gasteiger partial charge in [-0.05, 0) is 37.8 Å². The molecule has 0 radical (unpaired) electrons. The van der Waals surface area contributed by atoms with Crippen LogP contribution in [0.5, 0.6) is 0 Å². The van der Waals surface area contributed by atoms with E-state index >= 15 is 0 Å². The Morgan fingerprint density at radius 2 is 2.19 bits per heavy atom. The number of aromatic nitrogens is 1. The van der Waals surface area contributed by atoms with E-state index in [1.54, 1.807) is 13.1 Å². The van der Waals surface area contributed by atoms with Crippen LogP contribution in [0.1, 0.15) is 38.9 Å². The minimum Gasteiger partial charge on any atom is -0.389 e. The summed E-state index contributed by atoms with van der Waals surface area (Å²) in [6.07, 6.45) is 2.58. The zero-order chi connectivity index (χ0) is 11.7. The lowest BCUT2D eigenvalue weighted by Crippen LogP contribution is -2.27. The molecule has 1 fully saturated rings. The number of hydrogen-bond donors (Lipinski definition) is 1. The molecule has 0 aliphatic carbocycles. The summed E-state index contributed by atoms with van der Waals surface area (Å²) >= 11 is 0. The Morgan fingerprint density at radius 1 is 1.44 bits per heavy atom. The zero-order valence-corrected chi connectivity index (χ0v) is 10.2. The lowest BCUT2D eigenvalue weighted by atomic mass is 10.1. The van der Waals surface area contributed by atoms with Crippen LogP contribution in [0.3, 0.4) is 0 Å². The number of hydrogen-bond acceptors (Lipinski definition) is 3. The predicted molar refractivity (Wildman–Crippen MR) is 65.5 cm³/mol. The molecule has 3 nitrogen and oxygen atoms in total. The van der Waals surface area contributed by atoms with Gasteiger partial charge in [0.1, 0.15) is 5.82 Å². The minimum absolute atomic E-state index is 0.434. The number of nitrogens with zero attached hydrogens (tertiary/aromatic N) is 2. The highest BCUT2D eigenvalue weighted by Gasteiger charge is 2.26. The number of aliphatic hydroxyl groups excluding tert-OH is 1. The molecule has 0 saturated carbocycles. The smallest absolute Gasteiger partial charge is 0.128 e. The van der Waals surface area contributed by atoms with Crippen molar-refractivity contribution in [1.82, 2.24) is 4.98 Å². The van der Waals surface area contributed by atoms with Crippen LogP contribution in [0.15, 0.2) is 18.3 Å². The minimum atomic E-state index is -0.434. The van der Waals surface area contributed by atoms with Gasteiger partial charge in [0.25, 0.3) is 0 Å². The lowest BCUT2D eigenvalue weighted by Gasteiger charge is -2.22. The van der Waals surface area contributed by atoms with Gasteiger partial charge in [0.15, 0.2) is 0 Å². The molecule has 3 unspecified atom stereocenters. The van der Waals surface area contributed by atoms with Gasteiger partial charge in [0, 0.05) is 18.8 Å². The quantitative estimate of drug-likeness (QED) is 0.831. The SMILES string of the molecule is CC1CC(C)N(c2ccc(C(C)O)cn2)C1. The predicted octanol–water partition coefficient (Wildman–Crippen LogP) is 2.37. The van der Waals surface area contributed by atoms with Gasteiger partial charge in [-0.3, -0.25) is 0 Å². The topological polar surface area (TPSA) is 36.4 Å². The first-order valence-corrected chi connectivity index (χ1v) is 5.98. The molecule has 1 aromatic heterocycles. The highest BCUT2D eigenvalue weighted by Crippen LogP contribution is 2.27. The molecular weight excluding hydrogens is 200 g/mol. The van der Waals surface area contributed by atoms with Gasteiger partial charge < -0.3 is 10.0 Å². The number of anilines is 1. The highest BCUT2D eigenvalue weighted by atomic mass is 16.3. The van der Waals surface area contributed by atoms with E-state index in [2.05, 4.69) is 23.7 Å². The molecule has 1 aromatic rings. The van der Waals surface area contributed by atoms with Crippen LogP contribution >= 0.6 is 0 Å². The molecule has 0 amide bonds. The second kappa shape index (κ2) is 4.42. The van der Waals surface area contributed by atoms with Gasteiger partial charge >= 0.3 is 0 Å². The average molecular weight is 220 g/mol. The molecule has 1 saturated heterocycles. The second-order valence-corrected chi connectivity index (χ2v) is 4.97. The fourth-order valence-corrected chi connectivity index (χ4v) is 2.43. The van der Waals surface area contributed by atoms with Crippen molar-refractivity contribution in [2.24, 2.45) is 5.92 Å². The van der Waals surface area contributed by atoms with Gasteiger partial charge in [0.05, 0.1) is 6.10 Å². The summed E-state index contributed by atoms with van der Waals surface area (Å²) < 4.78 is 0. The summed E-state index contributed by atoms with van der Waals surface area (Å²) in [5, 5.41) is 9.42. The molecule has 16 heavy (non-hydrogen) atoms. The van der Waals surface area contributed by atoms with E-state index in [4.69, 9.17) is 0 Å². The fourth-order valence-electron chi connectivity index (χ4n) is 2.43. The maximum atomic E-state index is 9.42. The van der Waals surface area contributed by atoms with E-state index in [1.807, 2.05) is 12.1 Å². The van der Waals surface area contributed by atoms with Gasteiger partial charge in [-0.2, -0.15) is 0 Å². The summed E-state index contributed by atoms with van der Waals surface area (Å²) in [6.45, 7) is 7.37. The van der Waals surface area contributed by atoms with Gasteiger partial charge in [-0.1, -0.05) is 13.0 Å². The van der Waals surface area contributed by atoms with Crippen LogP contribution in [0.4, 0.5) is 5.82 Å². The molecule has 2 rings (SSSR count). The molecule has 88 valence electrons. The van der Waals surface area contributed by atoms with E-state index in [0.717, 1.165) is 23.8 Å². The van der Waals surface area contributed by atoms with Crippen molar-refractivity contribution in [1.29, 1.82) is 0 Å². The Bertz CT molecular complexity index is 347. The first-order valence-electron chi connectivity index (χ1n) is 5.98. The summed E-state index contributed by atoms with van der Waals surface area (Å²) in [6, 6.07) is 4.54. The summed E-state index contributed by atoms with van der Waals surface area (Å²) in [7, 11) is 0. The highest BCUT2D eigenvalue weighted by molar-refractivity contribution is 5.42. The van der Waals surface area contributed by atoms with Crippen LogP contribution in [0, 0.1) is 5.92 Å². The molecule has 1 aliphatic heterocycles. The summed E-state index contributed by atoms with van der Waals surface area (Å²) in [4.78, 5) is 6.78. The van der Waals surface area contributed by atoms with Crippen molar-refractivity contribution in [3.05, 3.63) is 23.9 Å². The Kier molecular flexibility index (Phi) is 3.15. The fraction of sp³-hybridized carbons (Fsp3) is 0.615. The van der Waals surface area contributed by atoms with Crippen LogP contribution in [0.25, 0.3) is 0 Å². The van der Waals surface area contributed by atoms with E-state index in [0.29, 0.717) is 6.04 Å². The second-order valence-electron chi connectivity index (χ2n) is 4.97. The molecule has 2 heterocycles. The van der Waals surface area contributed by atoms with Crippen molar-refractivity contribution >= 4 is 5.82 Å². The van der Waals surface area contributed by atoms with Gasteiger partial charge in [0.2, 0.25) is 0 Å². The number of pyridine rings is 1. The molecule has 3 heteroatoms. The first-order chi connectivity index (χ1) is 7.58. The van der Waals surface area contributed by atoms with Crippen LogP contribution in [-0.4, -0.2) is 22.7 Å². The van der Waals surface area contributed by atoms with Gasteiger partial charge in [-0.25, -0.2) is 4.98 Å². The molecule has 0 bridgehead atoms. The van der Waals surface area contributed by atoms with E-state index < -0.39 is 6.10 Å². The van der Waals surface area contributed by atoms with Crippen molar-refractivity contribution < 1.29 is 5.11 Å². The normalized spacial score (nSPS) is 27.1. The summed E-state index contributed by atoms with van der Waals surface area (Å²) in [5.74, 6) is 1.77. The van der Waals surface area contributed by atoms with Crippen LogP contribution < -0.4 is 4.90 Å². The van der Waals surface area contributed by atoms with Crippen LogP contribution in [-0.2, 0) is 0 Å². The Morgan fingerprint density at radius 3 is 2.62 bits per heavy atom. The van der Waals surface area contributed by atoms with Crippen molar-refractivity contribution in [3.8, 4) is 0 Å². The summed E-state index contributed by atoms with van der Waals surface area (Å²) in [5.41, 5.74) is 0.878. The molecule has 1 N–H and O–H groups in total. The maximum Gasteiger partial charge on any atom is 0.128 e. The number of aliphatic hydroxyl groups is 1. The average Bonchev–Trinajstić information content (AvgIpc) is 2.58. The zero-order valence-electron chi connectivity index (χ0n) is 10.2. The molecule has 3 atom stereocenters. The van der Waals surface area contributed by atoms with E-state index in [-0.39, 0.29) is 0 Å². The Hall–Kier alpha value is -1.09. The molecule has 0 aromatic carbocycles.